The lowest BCUT2D eigenvalue weighted by atomic mass is 9.93. The minimum atomic E-state index is 1.07. The van der Waals surface area contributed by atoms with E-state index in [-0.39, 0.29) is 0 Å². The number of likely N-dealkylation sites (N-methyl/N-ethyl adjacent to an activating group) is 1. The first-order valence-electron chi connectivity index (χ1n) is 7.05. The standard InChI is InChI=1S/C13H24N2/c1-2-14-5-7-15(8-6-14)13-10-11-3-4-12(13)9-11/h11-13H,2-10H2,1H3/p+2/t11-,12+,13+/m0/s1. The smallest absolute Gasteiger partial charge is 0.127 e. The van der Waals surface area contributed by atoms with Gasteiger partial charge in [-0.3, -0.25) is 0 Å². The fourth-order valence-corrected chi connectivity index (χ4v) is 4.39. The maximum atomic E-state index is 2.33. The van der Waals surface area contributed by atoms with Crippen LogP contribution in [0.15, 0.2) is 0 Å². The Kier molecular flexibility index (Phi) is 2.73. The van der Waals surface area contributed by atoms with Crippen LogP contribution in [-0.4, -0.2) is 38.8 Å². The molecule has 2 nitrogen and oxygen atoms in total. The number of nitrogens with one attached hydrogen (secondary N) is 2. The molecule has 1 saturated heterocycles. The number of rotatable bonds is 2. The van der Waals surface area contributed by atoms with Crippen LogP contribution in [0.3, 0.4) is 0 Å². The first-order chi connectivity index (χ1) is 7.36. The molecule has 0 amide bonds. The summed E-state index contributed by atoms with van der Waals surface area (Å²) in [5.74, 6) is 2.25. The Labute approximate surface area is 93.6 Å². The van der Waals surface area contributed by atoms with E-state index in [0.29, 0.717) is 0 Å². The third-order valence-corrected chi connectivity index (χ3v) is 5.36. The maximum absolute atomic E-state index is 2.33. The molecule has 3 fully saturated rings. The fourth-order valence-electron chi connectivity index (χ4n) is 4.39. The molecule has 0 radical (unpaired) electrons. The summed E-state index contributed by atoms with van der Waals surface area (Å²) in [6.45, 7) is 9.44. The van der Waals surface area contributed by atoms with Crippen LogP contribution in [0, 0.1) is 11.8 Å². The average molecular weight is 210 g/mol. The van der Waals surface area contributed by atoms with Crippen molar-refractivity contribution < 1.29 is 9.80 Å². The van der Waals surface area contributed by atoms with Crippen LogP contribution in [0.5, 0.6) is 0 Å². The van der Waals surface area contributed by atoms with E-state index in [1.54, 1.807) is 25.7 Å². The summed E-state index contributed by atoms with van der Waals surface area (Å²) in [5, 5.41) is 0. The van der Waals surface area contributed by atoms with E-state index in [2.05, 4.69) is 6.92 Å². The third kappa shape index (κ3) is 1.83. The zero-order chi connectivity index (χ0) is 10.3. The highest BCUT2D eigenvalue weighted by Crippen LogP contribution is 2.43. The minimum Gasteiger partial charge on any atom is -0.326 e. The van der Waals surface area contributed by atoms with Crippen LogP contribution in [-0.2, 0) is 0 Å². The van der Waals surface area contributed by atoms with E-state index in [1.165, 1.54) is 32.7 Å². The number of quaternary nitrogens is 2. The summed E-state index contributed by atoms with van der Waals surface area (Å²) in [6, 6.07) is 1.07. The van der Waals surface area contributed by atoms with Crippen molar-refractivity contribution >= 4 is 0 Å². The van der Waals surface area contributed by atoms with E-state index in [1.807, 2.05) is 9.80 Å². The lowest BCUT2D eigenvalue weighted by Crippen LogP contribution is -3.29. The summed E-state index contributed by atoms with van der Waals surface area (Å²) in [5.41, 5.74) is 0. The molecule has 0 spiro atoms. The molecule has 0 aromatic rings. The minimum absolute atomic E-state index is 1.07. The van der Waals surface area contributed by atoms with Crippen molar-refractivity contribution in [3.05, 3.63) is 0 Å². The Morgan fingerprint density at radius 3 is 2.33 bits per heavy atom. The van der Waals surface area contributed by atoms with Gasteiger partial charge in [0.15, 0.2) is 0 Å². The van der Waals surface area contributed by atoms with Gasteiger partial charge in [0.05, 0.1) is 12.6 Å². The van der Waals surface area contributed by atoms with Crippen LogP contribution in [0.2, 0.25) is 0 Å². The van der Waals surface area contributed by atoms with Crippen LogP contribution in [0.1, 0.15) is 32.6 Å². The number of fused-ring (bicyclic) bond motifs is 2. The second kappa shape index (κ2) is 4.06. The molecular formula is C13H26N2+2. The predicted molar refractivity (Wildman–Crippen MR) is 61.2 cm³/mol. The molecule has 3 rings (SSSR count). The van der Waals surface area contributed by atoms with Gasteiger partial charge >= 0.3 is 0 Å². The molecular weight excluding hydrogens is 184 g/mol. The Balaban J connectivity index is 1.56. The summed E-state index contributed by atoms with van der Waals surface area (Å²) in [7, 11) is 0. The Bertz CT molecular complexity index is 221. The number of hydrogen-bond acceptors (Lipinski definition) is 0. The van der Waals surface area contributed by atoms with Crippen molar-refractivity contribution in [2.75, 3.05) is 32.7 Å². The van der Waals surface area contributed by atoms with Gasteiger partial charge in [-0.15, -0.1) is 0 Å². The van der Waals surface area contributed by atoms with E-state index in [0.717, 1.165) is 17.9 Å². The van der Waals surface area contributed by atoms with Crippen molar-refractivity contribution in [3.8, 4) is 0 Å². The SMILES string of the molecule is CC[NH+]1CC[NH+]([C@@H]2C[C@H]3CC[C@@H]2C3)CC1. The van der Waals surface area contributed by atoms with Crippen LogP contribution >= 0.6 is 0 Å². The fraction of sp³-hybridized carbons (Fsp3) is 1.00. The van der Waals surface area contributed by atoms with Crippen LogP contribution in [0.25, 0.3) is 0 Å². The summed E-state index contributed by atoms with van der Waals surface area (Å²) in [4.78, 5) is 3.81. The van der Waals surface area contributed by atoms with Crippen LogP contribution < -0.4 is 9.80 Å². The van der Waals surface area contributed by atoms with Gasteiger partial charge in [-0.2, -0.15) is 0 Å². The second-order valence-corrected chi connectivity index (χ2v) is 6.04. The highest BCUT2D eigenvalue weighted by Gasteiger charge is 2.45. The largest absolute Gasteiger partial charge is 0.326 e. The monoisotopic (exact) mass is 210 g/mol. The van der Waals surface area contributed by atoms with Crippen molar-refractivity contribution in [2.45, 2.75) is 38.6 Å². The van der Waals surface area contributed by atoms with Gasteiger partial charge in [-0.1, -0.05) is 0 Å². The summed E-state index contributed by atoms with van der Waals surface area (Å²) in [6.07, 6.45) is 6.27. The van der Waals surface area contributed by atoms with Crippen molar-refractivity contribution in [3.63, 3.8) is 0 Å². The molecule has 2 saturated carbocycles. The number of hydrogen-bond donors (Lipinski definition) is 2. The molecule has 2 heteroatoms. The first-order valence-corrected chi connectivity index (χ1v) is 7.05. The van der Waals surface area contributed by atoms with Crippen molar-refractivity contribution in [1.82, 2.24) is 0 Å². The predicted octanol–water partition coefficient (Wildman–Crippen LogP) is -1.02. The lowest BCUT2D eigenvalue weighted by molar-refractivity contribution is -1.02. The first kappa shape index (κ1) is 10.1. The average Bonchev–Trinajstić information content (AvgIpc) is 2.91. The van der Waals surface area contributed by atoms with Gasteiger partial charge in [-0.25, -0.2) is 0 Å². The molecule has 0 unspecified atom stereocenters. The Morgan fingerprint density at radius 2 is 1.80 bits per heavy atom. The van der Waals surface area contributed by atoms with Gasteiger partial charge in [0.25, 0.3) is 0 Å². The molecule has 2 N–H and O–H groups in total. The van der Waals surface area contributed by atoms with Gasteiger partial charge < -0.3 is 9.80 Å². The Morgan fingerprint density at radius 1 is 1.00 bits per heavy atom. The molecule has 0 aromatic carbocycles. The van der Waals surface area contributed by atoms with E-state index in [9.17, 15) is 0 Å². The Hall–Kier alpha value is -0.0800. The second-order valence-electron chi connectivity index (χ2n) is 6.04. The normalized spacial score (nSPS) is 49.8. The van der Waals surface area contributed by atoms with Gasteiger partial charge in [-0.05, 0) is 32.1 Å². The molecule has 3 aliphatic rings. The zero-order valence-electron chi connectivity index (χ0n) is 10.1. The number of piperazine rings is 1. The zero-order valence-corrected chi connectivity index (χ0v) is 10.1. The highest BCUT2D eigenvalue weighted by atomic mass is 15.3. The molecule has 3 atom stereocenters. The maximum Gasteiger partial charge on any atom is 0.127 e. The third-order valence-electron chi connectivity index (χ3n) is 5.36. The quantitative estimate of drug-likeness (QED) is 0.577. The molecule has 0 aromatic heterocycles. The molecule has 1 heterocycles. The topological polar surface area (TPSA) is 8.88 Å². The molecule has 2 bridgehead atoms. The summed E-state index contributed by atoms with van der Waals surface area (Å²) < 4.78 is 0. The van der Waals surface area contributed by atoms with Crippen molar-refractivity contribution in [1.29, 1.82) is 0 Å². The molecule has 86 valence electrons. The van der Waals surface area contributed by atoms with Gasteiger partial charge in [0, 0.05) is 12.3 Å². The van der Waals surface area contributed by atoms with Crippen LogP contribution in [0.4, 0.5) is 0 Å². The molecule has 15 heavy (non-hydrogen) atoms. The molecule has 2 aliphatic carbocycles. The summed E-state index contributed by atoms with van der Waals surface area (Å²) >= 11 is 0. The van der Waals surface area contributed by atoms with Gasteiger partial charge in [0.2, 0.25) is 0 Å². The van der Waals surface area contributed by atoms with E-state index >= 15 is 0 Å². The van der Waals surface area contributed by atoms with E-state index < -0.39 is 0 Å². The van der Waals surface area contributed by atoms with E-state index in [4.69, 9.17) is 0 Å². The molecule has 1 aliphatic heterocycles. The lowest BCUT2D eigenvalue weighted by Gasteiger charge is -2.36. The van der Waals surface area contributed by atoms with Gasteiger partial charge in [0.1, 0.15) is 26.2 Å². The van der Waals surface area contributed by atoms with Crippen molar-refractivity contribution in [2.24, 2.45) is 11.8 Å². The highest BCUT2D eigenvalue weighted by molar-refractivity contribution is 4.90.